The molecule has 2 saturated carbocycles. The molecule has 12 atom stereocenters. The Morgan fingerprint density at radius 1 is 1.21 bits per heavy atom. The average molecular weight is 599 g/mol. The van der Waals surface area contributed by atoms with Gasteiger partial charge in [-0.3, -0.25) is 4.79 Å². The van der Waals surface area contributed by atoms with Crippen LogP contribution in [0.4, 0.5) is 0 Å². The maximum Gasteiger partial charge on any atom is 0.253 e. The Hall–Kier alpha value is -1.43. The van der Waals surface area contributed by atoms with Crippen molar-refractivity contribution in [2.75, 3.05) is 39.8 Å². The van der Waals surface area contributed by atoms with Crippen molar-refractivity contribution in [3.05, 3.63) is 11.8 Å². The minimum atomic E-state index is -1.60. The van der Waals surface area contributed by atoms with Gasteiger partial charge in [0.15, 0.2) is 11.9 Å². The van der Waals surface area contributed by atoms with Gasteiger partial charge in [-0.1, -0.05) is 0 Å². The summed E-state index contributed by atoms with van der Waals surface area (Å²) < 4.78 is 18.3. The quantitative estimate of drug-likeness (QED) is 0.117. The van der Waals surface area contributed by atoms with Gasteiger partial charge in [0, 0.05) is 24.5 Å². The van der Waals surface area contributed by atoms with Crippen LogP contribution >= 0.6 is 0 Å². The number of hydrogen-bond acceptors (Lipinski definition) is 13. The molecular formula is C28H50N6O8. The SMILES string of the molecule is CN[C@@H]1[C@@H](O)[C@@H](O[C@H]2[C@H](NC(=O)C3(O)CCNC3)C[C@H](N)C([C@H]3OC(CNCC4CC4)=CC[C@H]3N)[C@@H]2O)OC[C@]1(C)O. The lowest BCUT2D eigenvalue weighted by atomic mass is 9.72. The Labute approximate surface area is 246 Å². The maximum atomic E-state index is 13.2. The van der Waals surface area contributed by atoms with Crippen LogP contribution in [-0.2, 0) is 19.0 Å². The van der Waals surface area contributed by atoms with Gasteiger partial charge in [-0.25, -0.2) is 0 Å². The molecule has 3 heterocycles. The van der Waals surface area contributed by atoms with E-state index in [2.05, 4.69) is 21.3 Å². The third-order valence-corrected chi connectivity index (χ3v) is 9.59. The first kappa shape index (κ1) is 32.0. The fourth-order valence-corrected chi connectivity index (χ4v) is 6.86. The number of rotatable bonds is 10. The van der Waals surface area contributed by atoms with Gasteiger partial charge in [-0.2, -0.15) is 0 Å². The Kier molecular flexibility index (Phi) is 9.82. The van der Waals surface area contributed by atoms with Crippen LogP contribution < -0.4 is 32.7 Å². The minimum Gasteiger partial charge on any atom is -0.492 e. The number of amides is 1. The Morgan fingerprint density at radius 3 is 2.64 bits per heavy atom. The predicted octanol–water partition coefficient (Wildman–Crippen LogP) is -3.66. The molecule has 2 unspecified atom stereocenters. The standard InChI is InChI=1S/C28H50N6O8/c1-27(38)13-40-25(21(36)24(27)31-2)42-23-18(34-26(37)28(39)7-8-32-12-28)9-17(30)19(20(23)35)22-16(29)6-5-15(41-22)11-33-10-14-3-4-14/h5,14,16-25,31-33,35-36,38-39H,3-4,6-13,29-30H2,1-2H3,(H,34,37)/t16-,17+,18-,19?,20+,21-,22+,23+,24-,25-,27+,28?/m1/s1. The molecule has 240 valence electrons. The second-order valence-electron chi connectivity index (χ2n) is 13.1. The molecule has 0 aromatic heterocycles. The highest BCUT2D eigenvalue weighted by atomic mass is 16.7. The van der Waals surface area contributed by atoms with Crippen LogP contribution in [0.15, 0.2) is 11.8 Å². The van der Waals surface area contributed by atoms with E-state index >= 15 is 0 Å². The summed E-state index contributed by atoms with van der Waals surface area (Å²) in [7, 11) is 1.61. The van der Waals surface area contributed by atoms with Crippen LogP contribution in [-0.4, -0.2) is 132 Å². The molecule has 0 bridgehead atoms. The molecule has 2 aliphatic carbocycles. The summed E-state index contributed by atoms with van der Waals surface area (Å²) >= 11 is 0. The molecule has 4 fully saturated rings. The zero-order valence-electron chi connectivity index (χ0n) is 24.6. The molecular weight excluding hydrogens is 548 g/mol. The Balaban J connectivity index is 1.35. The van der Waals surface area contributed by atoms with Crippen LogP contribution in [0.2, 0.25) is 0 Å². The van der Waals surface area contributed by atoms with Crippen molar-refractivity contribution in [3.8, 4) is 0 Å². The third kappa shape index (κ3) is 6.79. The van der Waals surface area contributed by atoms with Gasteiger partial charge < -0.3 is 67.4 Å². The summed E-state index contributed by atoms with van der Waals surface area (Å²) in [6.45, 7) is 3.49. The normalized spacial score (nSPS) is 46.1. The van der Waals surface area contributed by atoms with Gasteiger partial charge in [0.25, 0.3) is 5.91 Å². The topological polar surface area (TPSA) is 226 Å². The van der Waals surface area contributed by atoms with E-state index in [9.17, 15) is 25.2 Å². The molecule has 3 aliphatic heterocycles. The Bertz CT molecular complexity index is 976. The van der Waals surface area contributed by atoms with Crippen molar-refractivity contribution >= 4 is 5.91 Å². The van der Waals surface area contributed by atoms with Gasteiger partial charge in [-0.15, -0.1) is 0 Å². The highest BCUT2D eigenvalue weighted by Crippen LogP contribution is 2.37. The number of carbonyl (C=O) groups is 1. The van der Waals surface area contributed by atoms with Crippen LogP contribution in [0, 0.1) is 11.8 Å². The van der Waals surface area contributed by atoms with Gasteiger partial charge in [0.05, 0.1) is 31.3 Å². The van der Waals surface area contributed by atoms with E-state index in [1.54, 1.807) is 14.0 Å². The number of likely N-dealkylation sites (N-methyl/N-ethyl adjacent to an activating group) is 1. The smallest absolute Gasteiger partial charge is 0.253 e. The number of carbonyl (C=O) groups excluding carboxylic acids is 1. The van der Waals surface area contributed by atoms with E-state index in [1.165, 1.54) is 12.8 Å². The highest BCUT2D eigenvalue weighted by Gasteiger charge is 2.54. The fourth-order valence-electron chi connectivity index (χ4n) is 6.86. The number of hydrogen-bond donors (Lipinski definition) is 10. The maximum absolute atomic E-state index is 13.2. The van der Waals surface area contributed by atoms with Crippen LogP contribution in [0.25, 0.3) is 0 Å². The zero-order valence-corrected chi connectivity index (χ0v) is 24.6. The van der Waals surface area contributed by atoms with E-state index in [0.29, 0.717) is 25.4 Å². The molecule has 0 aromatic rings. The molecule has 0 spiro atoms. The van der Waals surface area contributed by atoms with Crippen molar-refractivity contribution in [1.29, 1.82) is 0 Å². The van der Waals surface area contributed by atoms with Crippen molar-refractivity contribution in [1.82, 2.24) is 21.3 Å². The molecule has 2 saturated heterocycles. The summed E-state index contributed by atoms with van der Waals surface area (Å²) in [4.78, 5) is 13.2. The second kappa shape index (κ2) is 12.9. The van der Waals surface area contributed by atoms with Gasteiger partial charge in [0.2, 0.25) is 0 Å². The molecule has 12 N–H and O–H groups in total. The Morgan fingerprint density at radius 2 is 1.98 bits per heavy atom. The molecule has 0 aromatic carbocycles. The van der Waals surface area contributed by atoms with Crippen molar-refractivity contribution in [3.63, 3.8) is 0 Å². The summed E-state index contributed by atoms with van der Waals surface area (Å²) in [5.74, 6) is 0.205. The lowest BCUT2D eigenvalue weighted by Crippen LogP contribution is -2.70. The van der Waals surface area contributed by atoms with Crippen LogP contribution in [0.1, 0.15) is 39.0 Å². The van der Waals surface area contributed by atoms with E-state index < -0.39 is 77.9 Å². The number of nitrogens with two attached hydrogens (primary N) is 2. The molecule has 14 nitrogen and oxygen atoms in total. The first-order valence-corrected chi connectivity index (χ1v) is 15.3. The van der Waals surface area contributed by atoms with Crippen molar-refractivity contribution in [2.24, 2.45) is 23.3 Å². The van der Waals surface area contributed by atoms with Gasteiger partial charge in [-0.05, 0) is 71.2 Å². The molecule has 1 amide bonds. The number of aliphatic hydroxyl groups excluding tert-OH is 2. The van der Waals surface area contributed by atoms with Crippen molar-refractivity contribution in [2.45, 2.75) is 105 Å². The monoisotopic (exact) mass is 598 g/mol. The predicted molar refractivity (Wildman–Crippen MR) is 152 cm³/mol. The van der Waals surface area contributed by atoms with Gasteiger partial charge >= 0.3 is 0 Å². The lowest BCUT2D eigenvalue weighted by molar-refractivity contribution is -0.297. The van der Waals surface area contributed by atoms with Crippen LogP contribution in [0.3, 0.4) is 0 Å². The van der Waals surface area contributed by atoms with Gasteiger partial charge in [0.1, 0.15) is 29.7 Å². The second-order valence-corrected chi connectivity index (χ2v) is 13.1. The zero-order chi connectivity index (χ0) is 30.2. The summed E-state index contributed by atoms with van der Waals surface area (Å²) in [6.07, 6.45) is -0.0592. The molecule has 14 heteroatoms. The van der Waals surface area contributed by atoms with E-state index in [0.717, 1.165) is 12.3 Å². The minimum absolute atomic E-state index is 0.104. The molecule has 5 aliphatic rings. The molecule has 5 rings (SSSR count). The summed E-state index contributed by atoms with van der Waals surface area (Å²) in [6, 6.07) is -2.65. The molecule has 0 radical (unpaired) electrons. The number of β-amino-alcohol motifs (C(OH)–C–C–N with tert-alkyl or cyclic N) is 1. The third-order valence-electron chi connectivity index (χ3n) is 9.59. The van der Waals surface area contributed by atoms with E-state index in [4.69, 9.17) is 25.7 Å². The van der Waals surface area contributed by atoms with Crippen LogP contribution in [0.5, 0.6) is 0 Å². The largest absolute Gasteiger partial charge is 0.492 e. The fraction of sp³-hybridized carbons (Fsp3) is 0.893. The average Bonchev–Trinajstić information content (AvgIpc) is 3.65. The summed E-state index contributed by atoms with van der Waals surface area (Å²) in [5, 5.41) is 56.7. The number of aliphatic hydroxyl groups is 4. The number of nitrogens with one attached hydrogen (secondary N) is 4. The van der Waals surface area contributed by atoms with Crippen molar-refractivity contribution < 1.29 is 39.4 Å². The first-order valence-electron chi connectivity index (χ1n) is 15.3. The first-order chi connectivity index (χ1) is 19.9. The number of ether oxygens (including phenoxy) is 3. The summed E-state index contributed by atoms with van der Waals surface area (Å²) in [5.41, 5.74) is 10.2. The van der Waals surface area contributed by atoms with E-state index in [1.807, 2.05) is 6.08 Å². The highest BCUT2D eigenvalue weighted by molar-refractivity contribution is 5.86. The van der Waals surface area contributed by atoms with E-state index in [-0.39, 0.29) is 26.0 Å². The lowest BCUT2D eigenvalue weighted by Gasteiger charge is -2.50. The molecule has 42 heavy (non-hydrogen) atoms.